The lowest BCUT2D eigenvalue weighted by Crippen LogP contribution is -2.06. The summed E-state index contributed by atoms with van der Waals surface area (Å²) in [5, 5.41) is 9.49. The third-order valence-corrected chi connectivity index (χ3v) is 3.97. The van der Waals surface area contributed by atoms with Crippen molar-refractivity contribution in [1.29, 1.82) is 5.26 Å². The zero-order valence-corrected chi connectivity index (χ0v) is 12.0. The molecule has 110 valence electrons. The predicted molar refractivity (Wildman–Crippen MR) is 74.9 cm³/mol. The van der Waals surface area contributed by atoms with Crippen LogP contribution in [0.15, 0.2) is 18.2 Å². The second-order valence-electron chi connectivity index (χ2n) is 4.43. The number of halogens is 3. The van der Waals surface area contributed by atoms with Gasteiger partial charge in [-0.05, 0) is 24.1 Å². The molecular formula is C14H12F3N3S. The van der Waals surface area contributed by atoms with Crippen LogP contribution in [0, 0.1) is 11.3 Å². The Morgan fingerprint density at radius 3 is 2.67 bits per heavy atom. The maximum absolute atomic E-state index is 12.7. The van der Waals surface area contributed by atoms with Gasteiger partial charge in [0.05, 0.1) is 22.9 Å². The maximum Gasteiger partial charge on any atom is 0.416 e. The van der Waals surface area contributed by atoms with Gasteiger partial charge in [0.25, 0.3) is 0 Å². The van der Waals surface area contributed by atoms with Gasteiger partial charge in [0.1, 0.15) is 0 Å². The van der Waals surface area contributed by atoms with E-state index in [1.807, 2.05) is 13.0 Å². The molecule has 0 atom stereocenters. The van der Waals surface area contributed by atoms with Gasteiger partial charge in [0.2, 0.25) is 0 Å². The summed E-state index contributed by atoms with van der Waals surface area (Å²) < 4.78 is 38.0. The second kappa shape index (κ2) is 5.74. The van der Waals surface area contributed by atoms with E-state index in [0.29, 0.717) is 23.5 Å². The van der Waals surface area contributed by atoms with Crippen molar-refractivity contribution in [2.45, 2.75) is 25.9 Å². The molecule has 3 nitrogen and oxygen atoms in total. The fourth-order valence-corrected chi connectivity index (χ4v) is 2.95. The topological polar surface area (TPSA) is 62.7 Å². The molecule has 0 unspecified atom stereocenters. The minimum atomic E-state index is -4.45. The molecular weight excluding hydrogens is 299 g/mol. The van der Waals surface area contributed by atoms with Crippen LogP contribution < -0.4 is 5.73 Å². The van der Waals surface area contributed by atoms with Crippen LogP contribution in [0.1, 0.15) is 34.2 Å². The van der Waals surface area contributed by atoms with Crippen molar-refractivity contribution >= 4 is 16.5 Å². The number of rotatable bonds is 3. The standard InChI is InChI=1S/C14H12F3N3S/c1-2-11-12(21-13(19)20-11)6-8-3-4-10(14(15,16)17)5-9(8)7-18/h3-5H,2,6H2,1H3,(H2,19,20). The Labute approximate surface area is 123 Å². The molecule has 0 fully saturated rings. The molecule has 0 aliphatic heterocycles. The molecule has 2 rings (SSSR count). The van der Waals surface area contributed by atoms with Crippen LogP contribution in [-0.2, 0) is 19.0 Å². The minimum absolute atomic E-state index is 0.0267. The number of nitrogens with zero attached hydrogens (tertiary/aromatic N) is 2. The van der Waals surface area contributed by atoms with Crippen LogP contribution in [0.4, 0.5) is 18.3 Å². The fourth-order valence-electron chi connectivity index (χ4n) is 2.00. The van der Waals surface area contributed by atoms with Gasteiger partial charge in [-0.25, -0.2) is 4.98 Å². The molecule has 0 saturated carbocycles. The first-order valence-corrected chi connectivity index (χ1v) is 7.01. The zero-order chi connectivity index (χ0) is 15.6. The Hall–Kier alpha value is -2.07. The lowest BCUT2D eigenvalue weighted by molar-refractivity contribution is -0.137. The molecule has 21 heavy (non-hydrogen) atoms. The van der Waals surface area contributed by atoms with Crippen LogP contribution in [0.25, 0.3) is 0 Å². The summed E-state index contributed by atoms with van der Waals surface area (Å²) in [6.07, 6.45) is -3.40. The maximum atomic E-state index is 12.7. The van der Waals surface area contributed by atoms with Gasteiger partial charge in [-0.1, -0.05) is 13.0 Å². The number of nitrogen functional groups attached to an aromatic ring is 1. The van der Waals surface area contributed by atoms with Crippen LogP contribution >= 0.6 is 11.3 Å². The van der Waals surface area contributed by atoms with E-state index >= 15 is 0 Å². The van der Waals surface area contributed by atoms with Crippen LogP contribution in [0.3, 0.4) is 0 Å². The highest BCUT2D eigenvalue weighted by Crippen LogP contribution is 2.32. The molecule has 0 saturated heterocycles. The van der Waals surface area contributed by atoms with E-state index in [1.54, 1.807) is 0 Å². The molecule has 0 spiro atoms. The van der Waals surface area contributed by atoms with Gasteiger partial charge in [-0.2, -0.15) is 18.4 Å². The van der Waals surface area contributed by atoms with Crippen LogP contribution in [-0.4, -0.2) is 4.98 Å². The number of alkyl halides is 3. The Kier molecular flexibility index (Phi) is 4.19. The van der Waals surface area contributed by atoms with Crippen molar-refractivity contribution in [3.63, 3.8) is 0 Å². The van der Waals surface area contributed by atoms with Crippen LogP contribution in [0.5, 0.6) is 0 Å². The van der Waals surface area contributed by atoms with Crippen molar-refractivity contribution in [3.8, 4) is 6.07 Å². The Morgan fingerprint density at radius 2 is 2.10 bits per heavy atom. The second-order valence-corrected chi connectivity index (χ2v) is 5.55. The van der Waals surface area contributed by atoms with Gasteiger partial charge >= 0.3 is 6.18 Å². The summed E-state index contributed by atoms with van der Waals surface area (Å²) in [5.41, 5.74) is 6.23. The lowest BCUT2D eigenvalue weighted by atomic mass is 10.0. The monoisotopic (exact) mass is 311 g/mol. The average Bonchev–Trinajstić information content (AvgIpc) is 2.78. The van der Waals surface area contributed by atoms with Gasteiger partial charge < -0.3 is 5.73 Å². The first-order chi connectivity index (χ1) is 9.85. The molecule has 2 aromatic rings. The number of hydrogen-bond donors (Lipinski definition) is 1. The largest absolute Gasteiger partial charge is 0.416 e. The van der Waals surface area contributed by atoms with E-state index in [9.17, 15) is 13.2 Å². The lowest BCUT2D eigenvalue weighted by Gasteiger charge is -2.09. The highest BCUT2D eigenvalue weighted by atomic mass is 32.1. The van der Waals surface area contributed by atoms with E-state index in [4.69, 9.17) is 11.0 Å². The number of aryl methyl sites for hydroxylation is 1. The SMILES string of the molecule is CCc1nc(N)sc1Cc1ccc(C(F)(F)F)cc1C#N. The summed E-state index contributed by atoms with van der Waals surface area (Å²) in [5.74, 6) is 0. The number of anilines is 1. The fraction of sp³-hybridized carbons (Fsp3) is 0.286. The number of benzene rings is 1. The normalized spacial score (nSPS) is 11.4. The Morgan fingerprint density at radius 1 is 1.38 bits per heavy atom. The Balaban J connectivity index is 2.39. The average molecular weight is 311 g/mol. The smallest absolute Gasteiger partial charge is 0.375 e. The van der Waals surface area contributed by atoms with E-state index in [2.05, 4.69) is 4.98 Å². The van der Waals surface area contributed by atoms with E-state index < -0.39 is 11.7 Å². The molecule has 1 aromatic carbocycles. The molecule has 2 N–H and O–H groups in total. The van der Waals surface area contributed by atoms with Crippen molar-refractivity contribution in [3.05, 3.63) is 45.5 Å². The van der Waals surface area contributed by atoms with E-state index in [0.717, 1.165) is 22.7 Å². The van der Waals surface area contributed by atoms with Gasteiger partial charge in [0, 0.05) is 11.3 Å². The first-order valence-electron chi connectivity index (χ1n) is 6.19. The van der Waals surface area contributed by atoms with Crippen LogP contribution in [0.2, 0.25) is 0 Å². The number of hydrogen-bond acceptors (Lipinski definition) is 4. The molecule has 0 bridgehead atoms. The first kappa shape index (κ1) is 15.3. The van der Waals surface area contributed by atoms with Gasteiger partial charge in [0.15, 0.2) is 5.13 Å². The molecule has 0 radical (unpaired) electrons. The van der Waals surface area contributed by atoms with Gasteiger partial charge in [-0.3, -0.25) is 0 Å². The molecule has 7 heteroatoms. The summed E-state index contributed by atoms with van der Waals surface area (Å²) in [6.45, 7) is 1.93. The Bertz CT molecular complexity index is 698. The van der Waals surface area contributed by atoms with E-state index in [-0.39, 0.29) is 5.56 Å². The molecule has 1 heterocycles. The summed E-state index contributed by atoms with van der Waals surface area (Å²) >= 11 is 1.30. The summed E-state index contributed by atoms with van der Waals surface area (Å²) in [4.78, 5) is 5.05. The summed E-state index contributed by atoms with van der Waals surface area (Å²) in [7, 11) is 0. The summed E-state index contributed by atoms with van der Waals surface area (Å²) in [6, 6.07) is 5.04. The highest BCUT2D eigenvalue weighted by molar-refractivity contribution is 7.15. The zero-order valence-electron chi connectivity index (χ0n) is 11.2. The molecule has 0 aliphatic rings. The quantitative estimate of drug-likeness (QED) is 0.938. The number of nitriles is 1. The highest BCUT2D eigenvalue weighted by Gasteiger charge is 2.31. The van der Waals surface area contributed by atoms with Crippen molar-refractivity contribution in [1.82, 2.24) is 4.98 Å². The third kappa shape index (κ3) is 3.34. The minimum Gasteiger partial charge on any atom is -0.375 e. The van der Waals surface area contributed by atoms with Crippen molar-refractivity contribution in [2.75, 3.05) is 5.73 Å². The van der Waals surface area contributed by atoms with Crippen molar-refractivity contribution in [2.24, 2.45) is 0 Å². The molecule has 1 aromatic heterocycles. The van der Waals surface area contributed by atoms with Crippen molar-refractivity contribution < 1.29 is 13.2 Å². The third-order valence-electron chi connectivity index (χ3n) is 3.04. The predicted octanol–water partition coefficient (Wildman–Crippen LogP) is 3.77. The molecule has 0 amide bonds. The number of aromatic nitrogens is 1. The molecule has 0 aliphatic carbocycles. The number of nitrogens with two attached hydrogens (primary N) is 1. The van der Waals surface area contributed by atoms with E-state index in [1.165, 1.54) is 17.4 Å². The number of thiazole rings is 1. The van der Waals surface area contributed by atoms with Gasteiger partial charge in [-0.15, -0.1) is 11.3 Å².